The zero-order valence-electron chi connectivity index (χ0n) is 21.4. The quantitative estimate of drug-likeness (QED) is 0.198. The molecule has 1 aliphatic heterocycles. The number of aliphatic imine (C=N–C) groups is 1. The van der Waals surface area contributed by atoms with Gasteiger partial charge >= 0.3 is 6.18 Å². The molecule has 37 heavy (non-hydrogen) atoms. The minimum Gasteiger partial charge on any atom is -0.360 e. The van der Waals surface area contributed by atoms with Crippen LogP contribution in [0.1, 0.15) is 44.7 Å². The number of likely N-dealkylation sites (tertiary alicyclic amines) is 1. The number of nitrogens with one attached hydrogen (secondary N) is 2. The van der Waals surface area contributed by atoms with Gasteiger partial charge in [-0.3, -0.25) is 5.10 Å². The number of amidine groups is 1. The fraction of sp³-hybridized carbons (Fsp3) is 0.321. The lowest BCUT2D eigenvalue weighted by molar-refractivity contribution is -0.137. The third-order valence-corrected chi connectivity index (χ3v) is 5.70. The van der Waals surface area contributed by atoms with Gasteiger partial charge in [0.15, 0.2) is 5.82 Å². The van der Waals surface area contributed by atoms with E-state index in [1.165, 1.54) is 25.0 Å². The molecular formula is C28H33F3N6. The summed E-state index contributed by atoms with van der Waals surface area (Å²) in [5.74, 6) is 1.70. The van der Waals surface area contributed by atoms with Gasteiger partial charge in [-0.2, -0.15) is 18.2 Å². The van der Waals surface area contributed by atoms with E-state index in [1.54, 1.807) is 6.08 Å². The Morgan fingerprint density at radius 1 is 1.14 bits per heavy atom. The number of rotatable bonds is 7. The Hall–Kier alpha value is -3.88. The number of aromatic nitrogens is 3. The molecule has 1 saturated heterocycles. The van der Waals surface area contributed by atoms with Crippen molar-refractivity contribution in [3.8, 4) is 11.4 Å². The molecule has 2 heterocycles. The third-order valence-electron chi connectivity index (χ3n) is 5.70. The van der Waals surface area contributed by atoms with Crippen LogP contribution < -0.4 is 5.32 Å². The Balaban J connectivity index is 0.00000186. The van der Waals surface area contributed by atoms with Crippen molar-refractivity contribution in [1.82, 2.24) is 20.1 Å². The molecule has 0 amide bonds. The van der Waals surface area contributed by atoms with Crippen LogP contribution in [0.25, 0.3) is 11.4 Å². The summed E-state index contributed by atoms with van der Waals surface area (Å²) in [6.45, 7) is 11.9. The average molecular weight is 511 g/mol. The first-order valence-electron chi connectivity index (χ1n) is 12.4. The molecule has 0 unspecified atom stereocenters. The fourth-order valence-electron chi connectivity index (χ4n) is 3.98. The van der Waals surface area contributed by atoms with Crippen molar-refractivity contribution in [1.29, 1.82) is 0 Å². The highest BCUT2D eigenvalue weighted by atomic mass is 19.4. The normalized spacial score (nSPS) is 14.3. The summed E-state index contributed by atoms with van der Waals surface area (Å²) in [7, 11) is 0. The summed E-state index contributed by atoms with van der Waals surface area (Å²) < 4.78 is 38.9. The maximum atomic E-state index is 13.0. The topological polar surface area (TPSA) is 69.2 Å². The van der Waals surface area contributed by atoms with Crippen LogP contribution in [0.15, 0.2) is 78.0 Å². The van der Waals surface area contributed by atoms with Gasteiger partial charge in [0.1, 0.15) is 5.84 Å². The molecule has 0 atom stereocenters. The van der Waals surface area contributed by atoms with Crippen LogP contribution in [0, 0.1) is 0 Å². The fourth-order valence-corrected chi connectivity index (χ4v) is 3.98. The summed E-state index contributed by atoms with van der Waals surface area (Å²) in [5, 5.41) is 9.78. The SMILES string of the molecule is C=C/C=C(/Cc1cccc(-c2nc(Nc3cccc(C(F)(F)F)c3)n[nH]2)c1)N=C(C)N1CCCC1.CC. The lowest BCUT2D eigenvalue weighted by Gasteiger charge is -2.17. The van der Waals surface area contributed by atoms with Gasteiger partial charge in [-0.25, -0.2) is 4.99 Å². The Kier molecular flexibility index (Phi) is 9.65. The Bertz CT molecular complexity index is 1240. The lowest BCUT2D eigenvalue weighted by Crippen LogP contribution is -2.25. The average Bonchev–Trinajstić information content (AvgIpc) is 3.58. The van der Waals surface area contributed by atoms with Crippen LogP contribution in [-0.4, -0.2) is 39.0 Å². The number of aromatic amines is 1. The highest BCUT2D eigenvalue weighted by molar-refractivity contribution is 5.81. The van der Waals surface area contributed by atoms with Crippen molar-refractivity contribution in [3.63, 3.8) is 0 Å². The van der Waals surface area contributed by atoms with Gasteiger partial charge in [0.2, 0.25) is 5.95 Å². The van der Waals surface area contributed by atoms with Gasteiger partial charge < -0.3 is 10.2 Å². The third kappa shape index (κ3) is 7.80. The largest absolute Gasteiger partial charge is 0.416 e. The van der Waals surface area contributed by atoms with Crippen LogP contribution in [0.4, 0.5) is 24.8 Å². The van der Waals surface area contributed by atoms with E-state index in [1.807, 2.05) is 51.1 Å². The van der Waals surface area contributed by atoms with Crippen molar-refractivity contribution < 1.29 is 13.2 Å². The van der Waals surface area contributed by atoms with E-state index in [-0.39, 0.29) is 11.6 Å². The standard InChI is InChI=1S/C26H27F3N6.C2H6/c1-3-8-22(30-18(2)35-13-4-5-14-35)16-19-9-6-10-20(15-19)24-32-25(34-33-24)31-23-12-7-11-21(17-23)26(27,28)29;1-2/h3,6-12,15,17H,1,4-5,13-14,16H2,2H3,(H2,31,32,33,34);1-2H3/b22-8-,30-18?;. The van der Waals surface area contributed by atoms with Crippen LogP contribution in [0.3, 0.4) is 0 Å². The molecular weight excluding hydrogens is 477 g/mol. The second-order valence-electron chi connectivity index (χ2n) is 8.34. The number of alkyl halides is 3. The molecule has 2 aromatic carbocycles. The molecule has 3 aromatic rings. The summed E-state index contributed by atoms with van der Waals surface area (Å²) in [6, 6.07) is 12.7. The van der Waals surface area contributed by atoms with Gasteiger partial charge in [0.05, 0.1) is 5.56 Å². The monoisotopic (exact) mass is 510 g/mol. The van der Waals surface area contributed by atoms with E-state index in [0.717, 1.165) is 47.9 Å². The van der Waals surface area contributed by atoms with Crippen LogP contribution in [0.2, 0.25) is 0 Å². The van der Waals surface area contributed by atoms with Crippen LogP contribution in [0.5, 0.6) is 0 Å². The van der Waals surface area contributed by atoms with E-state index in [9.17, 15) is 13.2 Å². The first-order chi connectivity index (χ1) is 17.8. The highest BCUT2D eigenvalue weighted by Crippen LogP contribution is 2.31. The summed E-state index contributed by atoms with van der Waals surface area (Å²) in [6.07, 6.45) is 2.24. The van der Waals surface area contributed by atoms with Gasteiger partial charge in [-0.15, -0.1) is 5.10 Å². The zero-order valence-corrected chi connectivity index (χ0v) is 21.4. The molecule has 9 heteroatoms. The number of nitrogens with zero attached hydrogens (tertiary/aromatic N) is 4. The Morgan fingerprint density at radius 3 is 2.57 bits per heavy atom. The summed E-state index contributed by atoms with van der Waals surface area (Å²) in [5.41, 5.74) is 2.27. The number of allylic oxidation sites excluding steroid dienone is 3. The molecule has 196 valence electrons. The van der Waals surface area contributed by atoms with Crippen molar-refractivity contribution in [2.45, 2.75) is 46.2 Å². The first-order valence-corrected chi connectivity index (χ1v) is 12.4. The van der Waals surface area contributed by atoms with Gasteiger partial charge in [-0.1, -0.05) is 50.8 Å². The van der Waals surface area contributed by atoms with E-state index >= 15 is 0 Å². The molecule has 1 aliphatic rings. The van der Waals surface area contributed by atoms with Crippen molar-refractivity contribution in [2.24, 2.45) is 4.99 Å². The van der Waals surface area contributed by atoms with Crippen LogP contribution in [-0.2, 0) is 12.6 Å². The second kappa shape index (κ2) is 12.9. The van der Waals surface area contributed by atoms with E-state index in [4.69, 9.17) is 4.99 Å². The molecule has 4 rings (SSSR count). The molecule has 1 fully saturated rings. The van der Waals surface area contributed by atoms with E-state index in [0.29, 0.717) is 12.2 Å². The molecule has 2 N–H and O–H groups in total. The van der Waals surface area contributed by atoms with Gasteiger partial charge in [-0.05, 0) is 55.7 Å². The van der Waals surface area contributed by atoms with Crippen LogP contribution >= 0.6 is 0 Å². The highest BCUT2D eigenvalue weighted by Gasteiger charge is 2.30. The predicted octanol–water partition coefficient (Wildman–Crippen LogP) is 7.39. The lowest BCUT2D eigenvalue weighted by atomic mass is 10.1. The van der Waals surface area contributed by atoms with Gasteiger partial charge in [0.25, 0.3) is 0 Å². The second-order valence-corrected chi connectivity index (χ2v) is 8.34. The minimum atomic E-state index is -4.42. The van der Waals surface area contributed by atoms with Crippen molar-refractivity contribution in [2.75, 3.05) is 18.4 Å². The number of benzene rings is 2. The molecule has 0 bridgehead atoms. The van der Waals surface area contributed by atoms with Crippen molar-refractivity contribution >= 4 is 17.5 Å². The van der Waals surface area contributed by atoms with E-state index in [2.05, 4.69) is 32.0 Å². The number of halogens is 3. The van der Waals surface area contributed by atoms with Gasteiger partial charge in [0, 0.05) is 36.5 Å². The molecule has 6 nitrogen and oxygen atoms in total. The summed E-state index contributed by atoms with van der Waals surface area (Å²) >= 11 is 0. The maximum absolute atomic E-state index is 13.0. The molecule has 0 saturated carbocycles. The van der Waals surface area contributed by atoms with E-state index < -0.39 is 11.7 Å². The molecule has 0 aliphatic carbocycles. The molecule has 0 spiro atoms. The molecule has 0 radical (unpaired) electrons. The first kappa shape index (κ1) is 27.7. The predicted molar refractivity (Wildman–Crippen MR) is 144 cm³/mol. The zero-order chi connectivity index (χ0) is 26.8. The maximum Gasteiger partial charge on any atom is 0.416 e. The smallest absolute Gasteiger partial charge is 0.360 e. The Morgan fingerprint density at radius 2 is 1.86 bits per heavy atom. The summed E-state index contributed by atoms with van der Waals surface area (Å²) in [4.78, 5) is 11.5. The number of hydrogen-bond donors (Lipinski definition) is 2. The number of H-pyrrole nitrogens is 1. The Labute approximate surface area is 216 Å². The minimum absolute atomic E-state index is 0.183. The number of hydrogen-bond acceptors (Lipinski definition) is 4. The number of anilines is 2. The van der Waals surface area contributed by atoms with Crippen molar-refractivity contribution in [3.05, 3.63) is 84.1 Å². The molecule has 1 aromatic heterocycles.